The van der Waals surface area contributed by atoms with E-state index in [9.17, 15) is 18.0 Å². The first-order valence-corrected chi connectivity index (χ1v) is 12.9. The quantitative estimate of drug-likeness (QED) is 0.349. The number of para-hydroxylation sites is 1. The number of methoxy groups -OCH3 is 1. The number of fused-ring (bicyclic) bond motifs is 1. The molecule has 4 aliphatic carbocycles. The lowest BCUT2D eigenvalue weighted by Gasteiger charge is -2.57. The van der Waals surface area contributed by atoms with E-state index in [1.165, 1.54) is 45.6 Å². The number of rotatable bonds is 6. The van der Waals surface area contributed by atoms with Gasteiger partial charge in [-0.1, -0.05) is 12.1 Å². The second kappa shape index (κ2) is 8.74. The fourth-order valence-corrected chi connectivity index (χ4v) is 7.74. The van der Waals surface area contributed by atoms with Crippen LogP contribution in [-0.2, 0) is 10.9 Å². The first-order valence-electron chi connectivity index (χ1n) is 12.9. The lowest BCUT2D eigenvalue weighted by molar-refractivity contribution is -0.142. The lowest BCUT2D eigenvalue weighted by Crippen LogP contribution is -2.47. The molecular weight excluding hydrogens is 483 g/mol. The number of hydrogen-bond acceptors (Lipinski definition) is 5. The summed E-state index contributed by atoms with van der Waals surface area (Å²) in [6, 6.07) is 7.60. The van der Waals surface area contributed by atoms with Crippen molar-refractivity contribution < 1.29 is 27.4 Å². The van der Waals surface area contributed by atoms with Crippen molar-refractivity contribution in [2.45, 2.75) is 64.1 Å². The number of carbonyl (C=O) groups excluding carboxylic acids is 1. The highest BCUT2D eigenvalue weighted by Crippen LogP contribution is 2.61. The number of carbonyl (C=O) groups is 1. The number of aromatic nitrogens is 3. The van der Waals surface area contributed by atoms with Gasteiger partial charge in [-0.05, 0) is 93.2 Å². The average Bonchev–Trinajstić information content (AvgIpc) is 3.25. The van der Waals surface area contributed by atoms with Crippen molar-refractivity contribution in [2.24, 2.45) is 23.2 Å². The number of nitrogens with zero attached hydrogens (tertiary/aromatic N) is 3. The molecule has 2 heterocycles. The Morgan fingerprint density at radius 2 is 1.78 bits per heavy atom. The molecule has 0 N–H and O–H groups in total. The Morgan fingerprint density at radius 1 is 1.14 bits per heavy atom. The van der Waals surface area contributed by atoms with Crippen LogP contribution in [0.2, 0.25) is 0 Å². The molecule has 6 nitrogen and oxygen atoms in total. The van der Waals surface area contributed by atoms with Crippen LogP contribution >= 0.6 is 0 Å². The molecule has 196 valence electrons. The maximum Gasteiger partial charge on any atom is 0.433 e. The zero-order chi connectivity index (χ0) is 25.9. The Labute approximate surface area is 213 Å². The molecule has 0 saturated heterocycles. The summed E-state index contributed by atoms with van der Waals surface area (Å²) in [7, 11) is 1.44. The topological polar surface area (TPSA) is 65.7 Å². The zero-order valence-electron chi connectivity index (χ0n) is 20.9. The number of hydrogen-bond donors (Lipinski definition) is 0. The highest BCUT2D eigenvalue weighted by Gasteiger charge is 2.51. The van der Waals surface area contributed by atoms with E-state index >= 15 is 0 Å². The zero-order valence-corrected chi connectivity index (χ0v) is 20.9. The largest absolute Gasteiger partial charge is 0.496 e. The van der Waals surface area contributed by atoms with Crippen LogP contribution in [-0.4, -0.2) is 33.8 Å². The third-order valence-corrected chi connectivity index (χ3v) is 8.56. The van der Waals surface area contributed by atoms with Gasteiger partial charge in [-0.25, -0.2) is 14.3 Å². The predicted octanol–water partition coefficient (Wildman–Crippen LogP) is 6.58. The first kappa shape index (κ1) is 24.2. The fourth-order valence-electron chi connectivity index (χ4n) is 7.74. The summed E-state index contributed by atoms with van der Waals surface area (Å²) >= 11 is 0. The number of ether oxygens (including phenoxy) is 2. The maximum absolute atomic E-state index is 14.0. The second-order valence-corrected chi connectivity index (χ2v) is 11.4. The SMILES string of the molecule is COc1ccccc1-c1cc(C(F)(F)F)n2ncc(C(=O)OC(C)CC34CC5CC(CC(C5)C3)C4)c2n1. The Bertz CT molecular complexity index is 1310. The molecule has 4 bridgehead atoms. The summed E-state index contributed by atoms with van der Waals surface area (Å²) in [5.74, 6) is 2.02. The van der Waals surface area contributed by atoms with Gasteiger partial charge in [-0.15, -0.1) is 0 Å². The van der Waals surface area contributed by atoms with Crippen molar-refractivity contribution in [2.75, 3.05) is 7.11 Å². The van der Waals surface area contributed by atoms with Crippen molar-refractivity contribution in [3.63, 3.8) is 0 Å². The van der Waals surface area contributed by atoms with Crippen LogP contribution in [0, 0.1) is 23.2 Å². The highest BCUT2D eigenvalue weighted by atomic mass is 19.4. The number of alkyl halides is 3. The van der Waals surface area contributed by atoms with E-state index in [-0.39, 0.29) is 28.4 Å². The molecular formula is C28H30F3N3O3. The molecule has 4 saturated carbocycles. The molecule has 3 aromatic rings. The van der Waals surface area contributed by atoms with Crippen LogP contribution in [0.3, 0.4) is 0 Å². The third-order valence-electron chi connectivity index (χ3n) is 8.56. The van der Waals surface area contributed by atoms with Gasteiger partial charge >= 0.3 is 12.1 Å². The summed E-state index contributed by atoms with van der Waals surface area (Å²) in [5, 5.41) is 3.87. The van der Waals surface area contributed by atoms with E-state index in [0.717, 1.165) is 36.4 Å². The van der Waals surface area contributed by atoms with Crippen molar-refractivity contribution in [1.82, 2.24) is 14.6 Å². The normalized spacial score (nSPS) is 27.4. The smallest absolute Gasteiger partial charge is 0.433 e. The highest BCUT2D eigenvalue weighted by molar-refractivity contribution is 5.96. The molecule has 0 spiro atoms. The number of halogens is 3. The van der Waals surface area contributed by atoms with E-state index in [4.69, 9.17) is 9.47 Å². The van der Waals surface area contributed by atoms with Crippen LogP contribution < -0.4 is 4.74 Å². The number of esters is 1. The molecule has 2 aromatic heterocycles. The molecule has 1 aromatic carbocycles. The van der Waals surface area contributed by atoms with E-state index in [2.05, 4.69) is 10.1 Å². The molecule has 1 atom stereocenters. The summed E-state index contributed by atoms with van der Waals surface area (Å²) in [4.78, 5) is 17.6. The molecule has 37 heavy (non-hydrogen) atoms. The Kier molecular flexibility index (Phi) is 5.73. The van der Waals surface area contributed by atoms with Gasteiger partial charge in [0.1, 0.15) is 11.3 Å². The van der Waals surface area contributed by atoms with Crippen molar-refractivity contribution in [3.05, 3.63) is 47.8 Å². The summed E-state index contributed by atoms with van der Waals surface area (Å²) < 4.78 is 53.8. The third kappa shape index (κ3) is 4.36. The van der Waals surface area contributed by atoms with Gasteiger partial charge in [0.05, 0.1) is 25.1 Å². The van der Waals surface area contributed by atoms with Gasteiger partial charge in [-0.2, -0.15) is 18.3 Å². The molecule has 4 fully saturated rings. The van der Waals surface area contributed by atoms with Crippen LogP contribution in [0.5, 0.6) is 5.75 Å². The predicted molar refractivity (Wildman–Crippen MR) is 130 cm³/mol. The molecule has 0 aliphatic heterocycles. The maximum atomic E-state index is 14.0. The summed E-state index contributed by atoms with van der Waals surface area (Å²) in [5.41, 5.74) is -0.669. The molecule has 7 rings (SSSR count). The van der Waals surface area contributed by atoms with Crippen molar-refractivity contribution in [1.29, 1.82) is 0 Å². The second-order valence-electron chi connectivity index (χ2n) is 11.4. The summed E-state index contributed by atoms with van der Waals surface area (Å²) in [6.45, 7) is 1.89. The number of benzene rings is 1. The fraction of sp³-hybridized carbons (Fsp3) is 0.536. The molecule has 0 amide bonds. The average molecular weight is 514 g/mol. The molecule has 0 radical (unpaired) electrons. The van der Waals surface area contributed by atoms with Gasteiger partial charge in [0.2, 0.25) is 0 Å². The van der Waals surface area contributed by atoms with E-state index in [1.54, 1.807) is 24.3 Å². The van der Waals surface area contributed by atoms with E-state index in [0.29, 0.717) is 15.8 Å². The van der Waals surface area contributed by atoms with Gasteiger partial charge < -0.3 is 9.47 Å². The van der Waals surface area contributed by atoms with Gasteiger partial charge in [0.25, 0.3) is 0 Å². The summed E-state index contributed by atoms with van der Waals surface area (Å²) in [6.07, 6.45) is 4.41. The van der Waals surface area contributed by atoms with Gasteiger partial charge in [-0.3, -0.25) is 0 Å². The van der Waals surface area contributed by atoms with Crippen LogP contribution in [0.25, 0.3) is 16.9 Å². The molecule has 4 aliphatic rings. The van der Waals surface area contributed by atoms with Crippen molar-refractivity contribution >= 4 is 11.6 Å². The van der Waals surface area contributed by atoms with Crippen LogP contribution in [0.4, 0.5) is 13.2 Å². The lowest BCUT2D eigenvalue weighted by atomic mass is 9.48. The van der Waals surface area contributed by atoms with Gasteiger partial charge in [0, 0.05) is 5.56 Å². The van der Waals surface area contributed by atoms with Crippen LogP contribution in [0.15, 0.2) is 36.5 Å². The standard InChI is InChI=1S/C28H30F3N3O3/c1-16(11-27-12-17-7-18(13-27)9-19(8-17)14-27)37-26(35)21-15-32-34-24(28(29,30)31)10-22(33-25(21)34)20-5-3-4-6-23(20)36-2/h3-6,10,15-19H,7-9,11-14H2,1-2H3. The molecule has 9 heteroatoms. The first-order chi connectivity index (χ1) is 17.6. The van der Waals surface area contributed by atoms with Gasteiger partial charge in [0.15, 0.2) is 11.3 Å². The molecule has 1 unspecified atom stereocenters. The van der Waals surface area contributed by atoms with E-state index in [1.807, 2.05) is 6.92 Å². The Balaban J connectivity index is 1.30. The Hall–Kier alpha value is -3.10. The Morgan fingerprint density at radius 3 is 2.41 bits per heavy atom. The minimum Gasteiger partial charge on any atom is -0.496 e. The monoisotopic (exact) mass is 513 g/mol. The minimum atomic E-state index is -4.71. The van der Waals surface area contributed by atoms with Crippen LogP contribution in [0.1, 0.15) is 67.9 Å². The van der Waals surface area contributed by atoms with Crippen molar-refractivity contribution in [3.8, 4) is 17.0 Å². The van der Waals surface area contributed by atoms with E-state index < -0.39 is 17.8 Å². The minimum absolute atomic E-state index is 0.0356.